The number of aromatic amines is 1. The summed E-state index contributed by atoms with van der Waals surface area (Å²) in [7, 11) is 1.54. The minimum Gasteiger partial charge on any atom is -0.367 e. The standard InChI is InChI=1S/C14H13N3O3/c1-15-13(19)9-2-4-10(5-3-9)17-14(20)11-8-16-7-6-12(11)18/h2-8H,1H3,(H,15,19)(H,16,18)(H,17,20). The van der Waals surface area contributed by atoms with E-state index in [1.54, 1.807) is 31.3 Å². The molecule has 2 amide bonds. The Kier molecular flexibility index (Phi) is 3.95. The first-order chi connectivity index (χ1) is 9.61. The van der Waals surface area contributed by atoms with Crippen molar-refractivity contribution in [3.8, 4) is 0 Å². The highest BCUT2D eigenvalue weighted by atomic mass is 16.2. The molecular weight excluding hydrogens is 258 g/mol. The number of anilines is 1. The molecule has 0 aliphatic heterocycles. The minimum absolute atomic E-state index is 0.0304. The Balaban J connectivity index is 2.15. The predicted octanol–water partition coefficient (Wildman–Crippen LogP) is 0.987. The lowest BCUT2D eigenvalue weighted by Crippen LogP contribution is -2.21. The number of rotatable bonds is 3. The Morgan fingerprint density at radius 2 is 1.75 bits per heavy atom. The molecular formula is C14H13N3O3. The summed E-state index contributed by atoms with van der Waals surface area (Å²) >= 11 is 0. The molecule has 1 aromatic carbocycles. The summed E-state index contributed by atoms with van der Waals surface area (Å²) in [6, 6.07) is 7.65. The van der Waals surface area contributed by atoms with Gasteiger partial charge < -0.3 is 15.6 Å². The maximum atomic E-state index is 11.9. The van der Waals surface area contributed by atoms with Crippen molar-refractivity contribution in [2.45, 2.75) is 0 Å². The van der Waals surface area contributed by atoms with Gasteiger partial charge in [-0.3, -0.25) is 14.4 Å². The van der Waals surface area contributed by atoms with Crippen LogP contribution >= 0.6 is 0 Å². The maximum absolute atomic E-state index is 11.9. The molecule has 0 bridgehead atoms. The third-order valence-corrected chi connectivity index (χ3v) is 2.70. The van der Waals surface area contributed by atoms with E-state index in [1.165, 1.54) is 18.5 Å². The molecule has 2 rings (SSSR count). The number of nitrogens with one attached hydrogen (secondary N) is 3. The van der Waals surface area contributed by atoms with Gasteiger partial charge in [0.05, 0.1) is 0 Å². The second-order valence-electron chi connectivity index (χ2n) is 4.03. The first-order valence-corrected chi connectivity index (χ1v) is 5.92. The summed E-state index contributed by atoms with van der Waals surface area (Å²) in [5, 5.41) is 5.10. The van der Waals surface area contributed by atoms with Crippen molar-refractivity contribution < 1.29 is 9.59 Å². The van der Waals surface area contributed by atoms with Crippen LogP contribution in [0.2, 0.25) is 0 Å². The van der Waals surface area contributed by atoms with Crippen molar-refractivity contribution in [1.82, 2.24) is 10.3 Å². The van der Waals surface area contributed by atoms with Crippen LogP contribution in [0.3, 0.4) is 0 Å². The molecule has 20 heavy (non-hydrogen) atoms. The first kappa shape index (κ1) is 13.5. The smallest absolute Gasteiger partial charge is 0.261 e. The number of aromatic nitrogens is 1. The molecule has 0 aliphatic carbocycles. The van der Waals surface area contributed by atoms with E-state index in [9.17, 15) is 14.4 Å². The van der Waals surface area contributed by atoms with Crippen LogP contribution in [-0.2, 0) is 0 Å². The molecule has 0 spiro atoms. The van der Waals surface area contributed by atoms with E-state index < -0.39 is 5.91 Å². The van der Waals surface area contributed by atoms with E-state index in [1.807, 2.05) is 0 Å². The van der Waals surface area contributed by atoms with Gasteiger partial charge in [0.2, 0.25) is 0 Å². The molecule has 6 nitrogen and oxygen atoms in total. The van der Waals surface area contributed by atoms with Gasteiger partial charge in [-0.2, -0.15) is 0 Å². The summed E-state index contributed by atoms with van der Waals surface area (Å²) < 4.78 is 0. The summed E-state index contributed by atoms with van der Waals surface area (Å²) in [5.41, 5.74) is 0.667. The van der Waals surface area contributed by atoms with E-state index in [-0.39, 0.29) is 16.9 Å². The number of hydrogen-bond donors (Lipinski definition) is 3. The lowest BCUT2D eigenvalue weighted by atomic mass is 10.2. The summed E-state index contributed by atoms with van der Waals surface area (Å²) in [4.78, 5) is 37.5. The van der Waals surface area contributed by atoms with Crippen molar-refractivity contribution in [1.29, 1.82) is 0 Å². The molecule has 1 aromatic heterocycles. The Morgan fingerprint density at radius 3 is 2.35 bits per heavy atom. The van der Waals surface area contributed by atoms with Gasteiger partial charge in [0.1, 0.15) is 5.56 Å². The molecule has 1 heterocycles. The number of carbonyl (C=O) groups excluding carboxylic acids is 2. The molecule has 102 valence electrons. The van der Waals surface area contributed by atoms with Gasteiger partial charge in [-0.25, -0.2) is 0 Å². The molecule has 0 atom stereocenters. The second kappa shape index (κ2) is 5.83. The Bertz CT molecular complexity index is 689. The summed E-state index contributed by atoms with van der Waals surface area (Å²) in [6.07, 6.45) is 2.80. The third kappa shape index (κ3) is 2.92. The highest BCUT2D eigenvalue weighted by Crippen LogP contribution is 2.10. The average Bonchev–Trinajstić information content (AvgIpc) is 2.47. The molecule has 6 heteroatoms. The zero-order valence-corrected chi connectivity index (χ0v) is 10.8. The highest BCUT2D eigenvalue weighted by Gasteiger charge is 2.10. The summed E-state index contributed by atoms with van der Waals surface area (Å²) in [6.45, 7) is 0. The van der Waals surface area contributed by atoms with Crippen molar-refractivity contribution in [2.24, 2.45) is 0 Å². The number of amides is 2. The van der Waals surface area contributed by atoms with E-state index in [0.717, 1.165) is 0 Å². The van der Waals surface area contributed by atoms with Crippen LogP contribution in [-0.4, -0.2) is 23.8 Å². The number of pyridine rings is 1. The van der Waals surface area contributed by atoms with Crippen LogP contribution in [0.5, 0.6) is 0 Å². The zero-order chi connectivity index (χ0) is 14.5. The van der Waals surface area contributed by atoms with Gasteiger partial charge in [-0.05, 0) is 24.3 Å². The zero-order valence-electron chi connectivity index (χ0n) is 10.8. The van der Waals surface area contributed by atoms with Crippen molar-refractivity contribution >= 4 is 17.5 Å². The topological polar surface area (TPSA) is 91.1 Å². The summed E-state index contributed by atoms with van der Waals surface area (Å²) in [5.74, 6) is -0.707. The fourth-order valence-electron chi connectivity index (χ4n) is 1.64. The SMILES string of the molecule is CNC(=O)c1ccc(NC(=O)c2c[nH]ccc2=O)cc1. The van der Waals surface area contributed by atoms with Crippen LogP contribution in [0, 0.1) is 0 Å². The largest absolute Gasteiger partial charge is 0.367 e. The second-order valence-corrected chi connectivity index (χ2v) is 4.03. The van der Waals surface area contributed by atoms with Gasteiger partial charge in [0.25, 0.3) is 11.8 Å². The Hall–Kier alpha value is -2.89. The third-order valence-electron chi connectivity index (χ3n) is 2.70. The predicted molar refractivity (Wildman–Crippen MR) is 74.8 cm³/mol. The molecule has 0 saturated carbocycles. The van der Waals surface area contributed by atoms with Gasteiger partial charge in [-0.15, -0.1) is 0 Å². The van der Waals surface area contributed by atoms with E-state index in [4.69, 9.17) is 0 Å². The van der Waals surface area contributed by atoms with Gasteiger partial charge >= 0.3 is 0 Å². The molecule has 0 radical (unpaired) electrons. The van der Waals surface area contributed by atoms with Crippen molar-refractivity contribution in [3.05, 3.63) is 64.1 Å². The molecule has 2 aromatic rings. The average molecular weight is 271 g/mol. The quantitative estimate of drug-likeness (QED) is 0.777. The lowest BCUT2D eigenvalue weighted by Gasteiger charge is -2.05. The Morgan fingerprint density at radius 1 is 1.05 bits per heavy atom. The van der Waals surface area contributed by atoms with Crippen LogP contribution in [0.4, 0.5) is 5.69 Å². The van der Waals surface area contributed by atoms with Crippen LogP contribution in [0.25, 0.3) is 0 Å². The minimum atomic E-state index is -0.500. The van der Waals surface area contributed by atoms with Crippen molar-refractivity contribution in [3.63, 3.8) is 0 Å². The number of H-pyrrole nitrogens is 1. The van der Waals surface area contributed by atoms with E-state index in [2.05, 4.69) is 15.6 Å². The highest BCUT2D eigenvalue weighted by molar-refractivity contribution is 6.04. The molecule has 0 fully saturated rings. The number of carbonyl (C=O) groups is 2. The molecule has 0 saturated heterocycles. The lowest BCUT2D eigenvalue weighted by molar-refractivity contribution is 0.0962. The first-order valence-electron chi connectivity index (χ1n) is 5.92. The maximum Gasteiger partial charge on any atom is 0.261 e. The van der Waals surface area contributed by atoms with E-state index in [0.29, 0.717) is 11.3 Å². The Labute approximate surface area is 114 Å². The number of hydrogen-bond acceptors (Lipinski definition) is 3. The van der Waals surface area contributed by atoms with Gasteiger partial charge in [0, 0.05) is 36.8 Å². The molecule has 0 unspecified atom stereocenters. The van der Waals surface area contributed by atoms with Gasteiger partial charge in [0.15, 0.2) is 5.43 Å². The number of benzene rings is 1. The van der Waals surface area contributed by atoms with Gasteiger partial charge in [-0.1, -0.05) is 0 Å². The molecule has 0 aliphatic rings. The van der Waals surface area contributed by atoms with Crippen LogP contribution in [0.1, 0.15) is 20.7 Å². The normalized spacial score (nSPS) is 9.85. The van der Waals surface area contributed by atoms with Crippen molar-refractivity contribution in [2.75, 3.05) is 12.4 Å². The molecule has 3 N–H and O–H groups in total. The van der Waals surface area contributed by atoms with E-state index >= 15 is 0 Å². The van der Waals surface area contributed by atoms with Crippen LogP contribution in [0.15, 0.2) is 47.5 Å². The van der Waals surface area contributed by atoms with Crippen LogP contribution < -0.4 is 16.1 Å². The fourth-order valence-corrected chi connectivity index (χ4v) is 1.64. The fraction of sp³-hybridized carbons (Fsp3) is 0.0714. The monoisotopic (exact) mass is 271 g/mol.